The molecule has 2 unspecified atom stereocenters. The third kappa shape index (κ3) is 2.62. The fourth-order valence-corrected chi connectivity index (χ4v) is 7.95. The van der Waals surface area contributed by atoms with Crippen molar-refractivity contribution in [2.45, 2.75) is 84.1 Å². The van der Waals surface area contributed by atoms with Crippen LogP contribution in [-0.2, 0) is 4.79 Å². The van der Waals surface area contributed by atoms with Gasteiger partial charge in [-0.3, -0.25) is 4.79 Å². The second-order valence-corrected chi connectivity index (χ2v) is 10.7. The largest absolute Gasteiger partial charge is 0.353 e. The maximum atomic E-state index is 12.0. The summed E-state index contributed by atoms with van der Waals surface area (Å²) in [6.45, 7) is 7.30. The zero-order valence-corrected chi connectivity index (χ0v) is 17.3. The first-order valence-electron chi connectivity index (χ1n) is 11.3. The fraction of sp³-hybridized carbons (Fsp3) is 0.720. The number of hydrogen-bond donors (Lipinski definition) is 1. The molecule has 0 bridgehead atoms. The van der Waals surface area contributed by atoms with Gasteiger partial charge in [0, 0.05) is 12.5 Å². The molecule has 7 atom stereocenters. The standard InChI is InChI=1S/C25H35NO/c1-16-4-6-17(7-5-16)18-10-13-24(2)14-11-20-19(23(18)24)8-9-21-25(20,3)15-12-22(27)26-21/h4-7,18-21,23H,8-15H2,1-3H3,(H,26,27)/t18?,19-,20-,21?,23+,24+,25-/m1/s1. The highest BCUT2D eigenvalue weighted by molar-refractivity contribution is 5.77. The minimum absolute atomic E-state index is 0.287. The Morgan fingerprint density at radius 3 is 2.48 bits per heavy atom. The van der Waals surface area contributed by atoms with E-state index in [2.05, 4.69) is 50.4 Å². The molecule has 0 spiro atoms. The Labute approximate surface area is 164 Å². The molecule has 4 fully saturated rings. The number of carbonyl (C=O) groups is 1. The quantitative estimate of drug-likeness (QED) is 0.689. The highest BCUT2D eigenvalue weighted by Crippen LogP contribution is 2.67. The van der Waals surface area contributed by atoms with Crippen LogP contribution in [-0.4, -0.2) is 11.9 Å². The van der Waals surface area contributed by atoms with Gasteiger partial charge in [0.25, 0.3) is 0 Å². The summed E-state index contributed by atoms with van der Waals surface area (Å²) in [5, 5.41) is 3.37. The number of piperidine rings is 1. The lowest BCUT2D eigenvalue weighted by atomic mass is 9.47. The van der Waals surface area contributed by atoms with E-state index in [0.717, 1.165) is 36.5 Å². The zero-order chi connectivity index (χ0) is 18.8. The van der Waals surface area contributed by atoms with E-state index >= 15 is 0 Å². The maximum absolute atomic E-state index is 12.0. The van der Waals surface area contributed by atoms with E-state index in [1.54, 1.807) is 5.56 Å². The number of rotatable bonds is 1. The average molecular weight is 366 g/mol. The van der Waals surface area contributed by atoms with E-state index in [1.165, 1.54) is 44.1 Å². The van der Waals surface area contributed by atoms with Gasteiger partial charge in [-0.15, -0.1) is 0 Å². The highest BCUT2D eigenvalue weighted by atomic mass is 16.1. The monoisotopic (exact) mass is 365 g/mol. The highest BCUT2D eigenvalue weighted by Gasteiger charge is 2.60. The van der Waals surface area contributed by atoms with Crippen LogP contribution in [0.4, 0.5) is 0 Å². The molecule has 2 heteroatoms. The van der Waals surface area contributed by atoms with Crippen LogP contribution in [0.1, 0.15) is 82.3 Å². The van der Waals surface area contributed by atoms with Gasteiger partial charge in [0.2, 0.25) is 5.91 Å². The van der Waals surface area contributed by atoms with Gasteiger partial charge >= 0.3 is 0 Å². The lowest BCUT2D eigenvalue weighted by molar-refractivity contribution is -0.136. The normalized spacial score (nSPS) is 46.2. The molecule has 27 heavy (non-hydrogen) atoms. The van der Waals surface area contributed by atoms with Crippen LogP contribution in [0.15, 0.2) is 24.3 Å². The molecule has 146 valence electrons. The molecule has 1 aromatic carbocycles. The van der Waals surface area contributed by atoms with Crippen molar-refractivity contribution in [3.8, 4) is 0 Å². The zero-order valence-electron chi connectivity index (χ0n) is 17.3. The van der Waals surface area contributed by atoms with Gasteiger partial charge in [0.05, 0.1) is 0 Å². The Morgan fingerprint density at radius 1 is 0.963 bits per heavy atom. The molecule has 3 saturated carbocycles. The summed E-state index contributed by atoms with van der Waals surface area (Å²) in [6, 6.07) is 9.84. The SMILES string of the molecule is Cc1ccc(C2CC[C@@]3(C)CC[C@@H]4[C@@H](CCC5NC(=O)CC[C@@]54C)[C@H]23)cc1. The van der Waals surface area contributed by atoms with Gasteiger partial charge in [-0.1, -0.05) is 43.7 Å². The van der Waals surface area contributed by atoms with E-state index in [4.69, 9.17) is 0 Å². The number of nitrogens with one attached hydrogen (secondary N) is 1. The van der Waals surface area contributed by atoms with Crippen molar-refractivity contribution in [3.05, 3.63) is 35.4 Å². The predicted molar refractivity (Wildman–Crippen MR) is 109 cm³/mol. The molecule has 4 aliphatic rings. The van der Waals surface area contributed by atoms with Gasteiger partial charge in [-0.2, -0.15) is 0 Å². The molecule has 1 heterocycles. The van der Waals surface area contributed by atoms with Crippen molar-refractivity contribution in [2.24, 2.45) is 28.6 Å². The van der Waals surface area contributed by atoms with E-state index in [-0.39, 0.29) is 5.91 Å². The van der Waals surface area contributed by atoms with Crippen LogP contribution in [0.3, 0.4) is 0 Å². The molecule has 1 aromatic rings. The van der Waals surface area contributed by atoms with Crippen LogP contribution in [0.5, 0.6) is 0 Å². The molecule has 5 rings (SSSR count). The van der Waals surface area contributed by atoms with Crippen molar-refractivity contribution >= 4 is 5.91 Å². The van der Waals surface area contributed by atoms with Crippen molar-refractivity contribution in [1.82, 2.24) is 5.32 Å². The fourth-order valence-electron chi connectivity index (χ4n) is 7.95. The van der Waals surface area contributed by atoms with Gasteiger partial charge in [0.15, 0.2) is 0 Å². The molecule has 3 aliphatic carbocycles. The minimum Gasteiger partial charge on any atom is -0.353 e. The molecule has 1 aliphatic heterocycles. The van der Waals surface area contributed by atoms with E-state index in [9.17, 15) is 4.79 Å². The molecule has 0 radical (unpaired) electrons. The Morgan fingerprint density at radius 2 is 1.70 bits per heavy atom. The van der Waals surface area contributed by atoms with Crippen molar-refractivity contribution < 1.29 is 4.79 Å². The second kappa shape index (κ2) is 6.09. The van der Waals surface area contributed by atoms with Crippen LogP contribution in [0.25, 0.3) is 0 Å². The van der Waals surface area contributed by atoms with Crippen LogP contribution in [0, 0.1) is 35.5 Å². The van der Waals surface area contributed by atoms with Gasteiger partial charge in [0.1, 0.15) is 0 Å². The number of benzene rings is 1. The number of carbonyl (C=O) groups excluding carboxylic acids is 1. The molecule has 2 nitrogen and oxygen atoms in total. The first kappa shape index (κ1) is 17.8. The molecule has 1 saturated heterocycles. The molecular formula is C25H35NO. The number of aryl methyl sites for hydroxylation is 1. The summed E-state index contributed by atoms with van der Waals surface area (Å²) in [5.41, 5.74) is 3.79. The minimum atomic E-state index is 0.287. The Bertz CT molecular complexity index is 739. The van der Waals surface area contributed by atoms with E-state index in [1.807, 2.05) is 0 Å². The topological polar surface area (TPSA) is 29.1 Å². The van der Waals surface area contributed by atoms with Crippen LogP contribution >= 0.6 is 0 Å². The first-order chi connectivity index (χ1) is 12.9. The smallest absolute Gasteiger partial charge is 0.220 e. The molecule has 1 amide bonds. The van der Waals surface area contributed by atoms with Crippen LogP contribution < -0.4 is 5.32 Å². The van der Waals surface area contributed by atoms with Crippen LogP contribution in [0.2, 0.25) is 0 Å². The van der Waals surface area contributed by atoms with Gasteiger partial charge < -0.3 is 5.32 Å². The van der Waals surface area contributed by atoms with Crippen molar-refractivity contribution in [1.29, 1.82) is 0 Å². The Kier molecular flexibility index (Phi) is 4.01. The third-order valence-corrected chi connectivity index (χ3v) is 9.43. The molecular weight excluding hydrogens is 330 g/mol. The summed E-state index contributed by atoms with van der Waals surface area (Å²) in [7, 11) is 0. The molecule has 0 aromatic heterocycles. The lowest BCUT2D eigenvalue weighted by Gasteiger charge is -2.60. The van der Waals surface area contributed by atoms with Gasteiger partial charge in [-0.25, -0.2) is 0 Å². The summed E-state index contributed by atoms with van der Waals surface area (Å²) < 4.78 is 0. The predicted octanol–water partition coefficient (Wildman–Crippen LogP) is 5.60. The van der Waals surface area contributed by atoms with Crippen molar-refractivity contribution in [3.63, 3.8) is 0 Å². The Balaban J connectivity index is 1.49. The number of fused-ring (bicyclic) bond motifs is 5. The summed E-state index contributed by atoms with van der Waals surface area (Å²) >= 11 is 0. The summed E-state index contributed by atoms with van der Waals surface area (Å²) in [6.07, 6.45) is 9.87. The molecule has 1 N–H and O–H groups in total. The number of amides is 1. The first-order valence-corrected chi connectivity index (χ1v) is 11.3. The Hall–Kier alpha value is -1.31. The third-order valence-electron chi connectivity index (χ3n) is 9.43. The lowest BCUT2D eigenvalue weighted by Crippen LogP contribution is -2.61. The van der Waals surface area contributed by atoms with Gasteiger partial charge in [-0.05, 0) is 91.9 Å². The number of hydrogen-bond acceptors (Lipinski definition) is 1. The van der Waals surface area contributed by atoms with Crippen molar-refractivity contribution in [2.75, 3.05) is 0 Å². The second-order valence-electron chi connectivity index (χ2n) is 10.7. The average Bonchev–Trinajstić information content (AvgIpc) is 3.00. The maximum Gasteiger partial charge on any atom is 0.220 e. The summed E-state index contributed by atoms with van der Waals surface area (Å²) in [5.74, 6) is 3.49. The van der Waals surface area contributed by atoms with E-state index in [0.29, 0.717) is 16.9 Å². The summed E-state index contributed by atoms with van der Waals surface area (Å²) in [4.78, 5) is 12.0. The van der Waals surface area contributed by atoms with E-state index < -0.39 is 0 Å².